The molecule has 0 aromatic heterocycles. The van der Waals surface area contributed by atoms with Crippen molar-refractivity contribution in [3.05, 3.63) is 24.9 Å². The molecular formula is C9H12F3N. The van der Waals surface area contributed by atoms with E-state index in [1.807, 2.05) is 0 Å². The topological polar surface area (TPSA) is 12.4 Å². The fourth-order valence-corrected chi connectivity index (χ4v) is 0.509. The smallest absolute Gasteiger partial charge is 0.249 e. The molecule has 1 nitrogen and oxygen atoms in total. The molecule has 13 heavy (non-hydrogen) atoms. The van der Waals surface area contributed by atoms with Crippen LogP contribution in [0.2, 0.25) is 0 Å². The van der Waals surface area contributed by atoms with Gasteiger partial charge in [0.15, 0.2) is 0 Å². The van der Waals surface area contributed by atoms with Crippen LogP contribution in [0.1, 0.15) is 13.8 Å². The molecule has 0 spiro atoms. The molecule has 0 heterocycles. The van der Waals surface area contributed by atoms with Crippen molar-refractivity contribution in [3.63, 3.8) is 0 Å². The number of hydrogen-bond acceptors (Lipinski definition) is 1. The summed E-state index contributed by atoms with van der Waals surface area (Å²) in [6.07, 6.45) is -3.76. The van der Waals surface area contributed by atoms with Crippen LogP contribution < -0.4 is 0 Å². The van der Waals surface area contributed by atoms with E-state index in [-0.39, 0.29) is 11.6 Å². The first-order valence-electron chi connectivity index (χ1n) is 3.76. The van der Waals surface area contributed by atoms with E-state index in [1.165, 1.54) is 0 Å². The van der Waals surface area contributed by atoms with Crippen LogP contribution in [0.5, 0.6) is 0 Å². The lowest BCUT2D eigenvalue weighted by Gasteiger charge is -2.08. The van der Waals surface area contributed by atoms with E-state index in [1.54, 1.807) is 13.8 Å². The van der Waals surface area contributed by atoms with Gasteiger partial charge in [-0.15, -0.1) is 0 Å². The maximum Gasteiger partial charge on any atom is 0.433 e. The van der Waals surface area contributed by atoms with Gasteiger partial charge >= 0.3 is 6.18 Å². The summed E-state index contributed by atoms with van der Waals surface area (Å²) >= 11 is 0. The molecule has 0 unspecified atom stereocenters. The van der Waals surface area contributed by atoms with Gasteiger partial charge in [-0.3, -0.25) is 0 Å². The van der Waals surface area contributed by atoms with Crippen molar-refractivity contribution >= 4 is 5.71 Å². The predicted octanol–water partition coefficient (Wildman–Crippen LogP) is 3.35. The molecule has 0 aromatic rings. The van der Waals surface area contributed by atoms with Gasteiger partial charge in [0, 0.05) is 5.70 Å². The second-order valence-corrected chi connectivity index (χ2v) is 2.84. The van der Waals surface area contributed by atoms with Crippen molar-refractivity contribution < 1.29 is 13.2 Å². The molecular weight excluding hydrogens is 179 g/mol. The molecule has 0 fully saturated rings. The van der Waals surface area contributed by atoms with Gasteiger partial charge in [-0.25, -0.2) is 4.99 Å². The van der Waals surface area contributed by atoms with E-state index in [0.29, 0.717) is 6.08 Å². The standard InChI is InChI=1S/C9H12F3N/c1-5-8(9(10,11)12)13-7(4)6(2)3/h5-6H,1,4H2,2-3H3. The zero-order valence-corrected chi connectivity index (χ0v) is 7.65. The number of aliphatic imine (C=N–C) groups is 1. The fourth-order valence-electron chi connectivity index (χ4n) is 0.509. The Balaban J connectivity index is 4.78. The van der Waals surface area contributed by atoms with Crippen LogP contribution >= 0.6 is 0 Å². The van der Waals surface area contributed by atoms with Crippen LogP contribution in [0.4, 0.5) is 13.2 Å². The molecule has 0 saturated carbocycles. The Labute approximate surface area is 75.7 Å². The van der Waals surface area contributed by atoms with Crippen molar-refractivity contribution in [2.24, 2.45) is 10.9 Å². The van der Waals surface area contributed by atoms with Gasteiger partial charge in [-0.1, -0.05) is 27.0 Å². The fraction of sp³-hybridized carbons (Fsp3) is 0.444. The van der Waals surface area contributed by atoms with Crippen LogP contribution in [0.15, 0.2) is 29.9 Å². The molecule has 0 saturated heterocycles. The summed E-state index contributed by atoms with van der Waals surface area (Å²) in [5.41, 5.74) is -0.793. The molecule has 0 bridgehead atoms. The van der Waals surface area contributed by atoms with Crippen LogP contribution in [-0.4, -0.2) is 11.9 Å². The van der Waals surface area contributed by atoms with Gasteiger partial charge in [0.2, 0.25) is 0 Å². The first kappa shape index (κ1) is 11.9. The monoisotopic (exact) mass is 191 g/mol. The third-order valence-corrected chi connectivity index (χ3v) is 1.41. The molecule has 0 aliphatic carbocycles. The summed E-state index contributed by atoms with van der Waals surface area (Å²) in [5, 5.41) is 0. The summed E-state index contributed by atoms with van der Waals surface area (Å²) in [7, 11) is 0. The number of alkyl halides is 3. The lowest BCUT2D eigenvalue weighted by Crippen LogP contribution is -2.20. The molecule has 0 aliphatic rings. The van der Waals surface area contributed by atoms with Gasteiger partial charge < -0.3 is 0 Å². The Kier molecular flexibility index (Phi) is 3.91. The summed E-state index contributed by atoms with van der Waals surface area (Å²) < 4.78 is 36.3. The average molecular weight is 191 g/mol. The summed E-state index contributed by atoms with van der Waals surface area (Å²) in [6.45, 7) is 9.92. The summed E-state index contributed by atoms with van der Waals surface area (Å²) in [4.78, 5) is 3.34. The molecule has 0 N–H and O–H groups in total. The van der Waals surface area contributed by atoms with Gasteiger partial charge in [0.25, 0.3) is 0 Å². The molecule has 74 valence electrons. The Hall–Kier alpha value is -1.06. The van der Waals surface area contributed by atoms with Crippen LogP contribution in [-0.2, 0) is 0 Å². The lowest BCUT2D eigenvalue weighted by atomic mass is 10.1. The lowest BCUT2D eigenvalue weighted by molar-refractivity contribution is -0.0577. The molecule has 4 heteroatoms. The Bertz CT molecular complexity index is 236. The van der Waals surface area contributed by atoms with Crippen molar-refractivity contribution in [1.29, 1.82) is 0 Å². The van der Waals surface area contributed by atoms with Crippen molar-refractivity contribution in [1.82, 2.24) is 0 Å². The largest absolute Gasteiger partial charge is 0.433 e. The van der Waals surface area contributed by atoms with Gasteiger partial charge in [0.1, 0.15) is 5.71 Å². The molecule has 0 atom stereocenters. The maximum absolute atomic E-state index is 12.1. The first-order valence-corrected chi connectivity index (χ1v) is 3.76. The van der Waals surface area contributed by atoms with Crippen molar-refractivity contribution in [2.75, 3.05) is 0 Å². The number of rotatable bonds is 3. The van der Waals surface area contributed by atoms with Crippen LogP contribution in [0.25, 0.3) is 0 Å². The summed E-state index contributed by atoms with van der Waals surface area (Å²) in [5.74, 6) is -0.0997. The third kappa shape index (κ3) is 3.92. The normalized spacial score (nSPS) is 13.2. The first-order chi connectivity index (χ1) is 5.79. The highest BCUT2D eigenvalue weighted by Crippen LogP contribution is 2.20. The quantitative estimate of drug-likeness (QED) is 0.606. The van der Waals surface area contributed by atoms with Crippen molar-refractivity contribution in [2.45, 2.75) is 20.0 Å². The highest BCUT2D eigenvalue weighted by Gasteiger charge is 2.33. The van der Waals surface area contributed by atoms with E-state index >= 15 is 0 Å². The van der Waals surface area contributed by atoms with E-state index in [2.05, 4.69) is 18.2 Å². The zero-order valence-electron chi connectivity index (χ0n) is 7.65. The Morgan fingerprint density at radius 2 is 1.85 bits per heavy atom. The second kappa shape index (κ2) is 4.25. The van der Waals surface area contributed by atoms with Crippen LogP contribution in [0, 0.1) is 5.92 Å². The summed E-state index contributed by atoms with van der Waals surface area (Å²) in [6, 6.07) is 0. The number of allylic oxidation sites excluding steroid dienone is 2. The van der Waals surface area contributed by atoms with E-state index < -0.39 is 11.9 Å². The molecule has 0 aliphatic heterocycles. The van der Waals surface area contributed by atoms with E-state index in [9.17, 15) is 13.2 Å². The number of hydrogen-bond donors (Lipinski definition) is 0. The van der Waals surface area contributed by atoms with Gasteiger partial charge in [-0.2, -0.15) is 13.2 Å². The SMILES string of the molecule is C=CC(=NC(=C)C(C)C)C(F)(F)F. The second-order valence-electron chi connectivity index (χ2n) is 2.84. The zero-order chi connectivity index (χ0) is 10.6. The average Bonchev–Trinajstić information content (AvgIpc) is 1.96. The number of nitrogens with zero attached hydrogens (tertiary/aromatic N) is 1. The number of halogens is 3. The molecule has 0 rings (SSSR count). The van der Waals surface area contributed by atoms with Gasteiger partial charge in [0.05, 0.1) is 0 Å². The third-order valence-electron chi connectivity index (χ3n) is 1.41. The molecule has 0 amide bonds. The van der Waals surface area contributed by atoms with E-state index in [4.69, 9.17) is 0 Å². The van der Waals surface area contributed by atoms with Crippen molar-refractivity contribution in [3.8, 4) is 0 Å². The van der Waals surface area contributed by atoms with Gasteiger partial charge in [-0.05, 0) is 12.0 Å². The van der Waals surface area contributed by atoms with Crippen LogP contribution in [0.3, 0.4) is 0 Å². The minimum atomic E-state index is -4.44. The minimum absolute atomic E-state index is 0.0997. The Morgan fingerprint density at radius 3 is 2.08 bits per heavy atom. The highest BCUT2D eigenvalue weighted by atomic mass is 19.4. The van der Waals surface area contributed by atoms with E-state index in [0.717, 1.165) is 0 Å². The molecule has 0 aromatic carbocycles. The maximum atomic E-state index is 12.1. The minimum Gasteiger partial charge on any atom is -0.249 e. The predicted molar refractivity (Wildman–Crippen MR) is 47.7 cm³/mol. The Morgan fingerprint density at radius 1 is 1.38 bits per heavy atom. The molecule has 0 radical (unpaired) electrons. The highest BCUT2D eigenvalue weighted by molar-refractivity contribution is 5.99.